The molecule has 30 heavy (non-hydrogen) atoms. The van der Waals surface area contributed by atoms with Gasteiger partial charge in [0.05, 0.1) is 25.5 Å². The highest BCUT2D eigenvalue weighted by Crippen LogP contribution is 2.34. The van der Waals surface area contributed by atoms with Gasteiger partial charge < -0.3 is 19.7 Å². The summed E-state index contributed by atoms with van der Waals surface area (Å²) in [6.45, 7) is 2.05. The molecule has 2 aromatic carbocycles. The van der Waals surface area contributed by atoms with Crippen LogP contribution in [0.15, 0.2) is 36.4 Å². The number of ether oxygens (including phenoxy) is 2. The molecule has 0 bridgehead atoms. The number of ketones is 1. The largest absolute Gasteiger partial charge is 0.493 e. The molecule has 0 aliphatic rings. The average molecular weight is 412 g/mol. The van der Waals surface area contributed by atoms with Gasteiger partial charge in [-0.25, -0.2) is 0 Å². The maximum Gasteiger partial charge on any atom is 0.255 e. The van der Waals surface area contributed by atoms with Crippen LogP contribution in [-0.2, 0) is 11.2 Å². The molecule has 0 saturated heterocycles. The van der Waals surface area contributed by atoms with Gasteiger partial charge in [-0.3, -0.25) is 14.4 Å². The monoisotopic (exact) mass is 412 g/mol. The molecule has 0 aliphatic heterocycles. The fourth-order valence-electron chi connectivity index (χ4n) is 2.91. The second-order valence-corrected chi connectivity index (χ2v) is 6.97. The SMILES string of the molecule is CCc1ccc(C(=O)CCC(=O)Nc2cc(OC)c(OC)cc2C(=O)N(C)C)cc1. The number of methoxy groups -OCH3 is 2. The van der Waals surface area contributed by atoms with Crippen molar-refractivity contribution < 1.29 is 23.9 Å². The topological polar surface area (TPSA) is 84.9 Å². The first-order chi connectivity index (χ1) is 14.3. The summed E-state index contributed by atoms with van der Waals surface area (Å²) in [7, 11) is 6.18. The second kappa shape index (κ2) is 10.4. The molecule has 0 aromatic heterocycles. The molecule has 0 unspecified atom stereocenters. The van der Waals surface area contributed by atoms with E-state index < -0.39 is 0 Å². The van der Waals surface area contributed by atoms with Crippen molar-refractivity contribution in [2.24, 2.45) is 0 Å². The van der Waals surface area contributed by atoms with E-state index in [1.54, 1.807) is 32.3 Å². The normalized spacial score (nSPS) is 10.3. The van der Waals surface area contributed by atoms with Gasteiger partial charge in [0.2, 0.25) is 5.91 Å². The van der Waals surface area contributed by atoms with Gasteiger partial charge in [-0.1, -0.05) is 31.2 Å². The Kier molecular flexibility index (Phi) is 7.98. The number of carbonyl (C=O) groups excluding carboxylic acids is 3. The highest BCUT2D eigenvalue weighted by Gasteiger charge is 2.20. The molecule has 7 heteroatoms. The van der Waals surface area contributed by atoms with Crippen LogP contribution in [0.5, 0.6) is 11.5 Å². The lowest BCUT2D eigenvalue weighted by Gasteiger charge is -2.18. The molecule has 0 radical (unpaired) electrons. The summed E-state index contributed by atoms with van der Waals surface area (Å²) in [5, 5.41) is 2.72. The van der Waals surface area contributed by atoms with Crippen molar-refractivity contribution in [1.29, 1.82) is 0 Å². The molecule has 2 aromatic rings. The molecule has 2 rings (SSSR count). The van der Waals surface area contributed by atoms with Gasteiger partial charge in [0.1, 0.15) is 0 Å². The van der Waals surface area contributed by atoms with Crippen molar-refractivity contribution >= 4 is 23.3 Å². The predicted molar refractivity (Wildman–Crippen MR) is 116 cm³/mol. The smallest absolute Gasteiger partial charge is 0.255 e. The number of hydrogen-bond acceptors (Lipinski definition) is 5. The number of Topliss-reactive ketones (excluding diaryl/α,β-unsaturated/α-hetero) is 1. The maximum atomic E-state index is 12.5. The van der Waals surface area contributed by atoms with E-state index in [1.807, 2.05) is 19.1 Å². The van der Waals surface area contributed by atoms with Crippen LogP contribution in [0.2, 0.25) is 0 Å². The summed E-state index contributed by atoms with van der Waals surface area (Å²) in [5.74, 6) is -0.00166. The molecule has 0 heterocycles. The summed E-state index contributed by atoms with van der Waals surface area (Å²) in [6.07, 6.45) is 0.968. The Bertz CT molecular complexity index is 920. The standard InChI is InChI=1S/C23H28N2O5/c1-6-15-7-9-16(10-8-15)19(26)11-12-22(27)24-18-14-21(30-5)20(29-4)13-17(18)23(28)25(2)3/h7-10,13-14H,6,11-12H2,1-5H3,(H,24,27). The van der Waals surface area contributed by atoms with E-state index in [0.717, 1.165) is 12.0 Å². The van der Waals surface area contributed by atoms with Crippen LogP contribution in [0.25, 0.3) is 0 Å². The fraction of sp³-hybridized carbons (Fsp3) is 0.348. The van der Waals surface area contributed by atoms with Crippen LogP contribution in [0.3, 0.4) is 0 Å². The van der Waals surface area contributed by atoms with Crippen molar-refractivity contribution in [2.75, 3.05) is 33.6 Å². The van der Waals surface area contributed by atoms with Crippen molar-refractivity contribution in [3.05, 3.63) is 53.1 Å². The first kappa shape index (κ1) is 22.9. The number of aryl methyl sites for hydroxylation is 1. The van der Waals surface area contributed by atoms with Gasteiger partial charge in [-0.15, -0.1) is 0 Å². The van der Waals surface area contributed by atoms with Crippen LogP contribution in [-0.4, -0.2) is 50.8 Å². The summed E-state index contributed by atoms with van der Waals surface area (Å²) in [5.41, 5.74) is 2.30. The van der Waals surface area contributed by atoms with E-state index in [9.17, 15) is 14.4 Å². The minimum atomic E-state index is -0.367. The molecular formula is C23H28N2O5. The Morgan fingerprint density at radius 1 is 0.933 bits per heavy atom. The predicted octanol–water partition coefficient (Wildman–Crippen LogP) is 3.57. The van der Waals surface area contributed by atoms with Gasteiger partial charge in [0.25, 0.3) is 5.91 Å². The zero-order valence-electron chi connectivity index (χ0n) is 18.1. The minimum absolute atomic E-state index is 0.00168. The lowest BCUT2D eigenvalue weighted by Crippen LogP contribution is -2.24. The average Bonchev–Trinajstić information content (AvgIpc) is 2.76. The highest BCUT2D eigenvalue weighted by atomic mass is 16.5. The van der Waals surface area contributed by atoms with Gasteiger partial charge in [-0.05, 0) is 18.1 Å². The van der Waals surface area contributed by atoms with E-state index in [4.69, 9.17) is 9.47 Å². The Balaban J connectivity index is 2.14. The second-order valence-electron chi connectivity index (χ2n) is 6.97. The lowest BCUT2D eigenvalue weighted by molar-refractivity contribution is -0.116. The molecule has 0 atom stereocenters. The molecule has 160 valence electrons. The molecule has 2 amide bonds. The van der Waals surface area contributed by atoms with Gasteiger partial charge in [-0.2, -0.15) is 0 Å². The van der Waals surface area contributed by atoms with Gasteiger partial charge in [0, 0.05) is 38.6 Å². The summed E-state index contributed by atoms with van der Waals surface area (Å²) in [6, 6.07) is 10.4. The summed E-state index contributed by atoms with van der Waals surface area (Å²) in [4.78, 5) is 38.8. The Labute approximate surface area is 177 Å². The number of anilines is 1. The number of nitrogens with one attached hydrogen (secondary N) is 1. The van der Waals surface area contributed by atoms with E-state index in [1.165, 1.54) is 25.2 Å². The number of benzene rings is 2. The molecular weight excluding hydrogens is 384 g/mol. The van der Waals surface area contributed by atoms with Crippen LogP contribution in [0, 0.1) is 0 Å². The fourth-order valence-corrected chi connectivity index (χ4v) is 2.91. The zero-order chi connectivity index (χ0) is 22.3. The minimum Gasteiger partial charge on any atom is -0.493 e. The van der Waals surface area contributed by atoms with Gasteiger partial charge >= 0.3 is 0 Å². The molecule has 0 fully saturated rings. The first-order valence-electron chi connectivity index (χ1n) is 9.70. The first-order valence-corrected chi connectivity index (χ1v) is 9.70. The van der Waals surface area contributed by atoms with Crippen LogP contribution in [0.1, 0.15) is 46.0 Å². The van der Waals surface area contributed by atoms with Crippen molar-refractivity contribution in [3.8, 4) is 11.5 Å². The quantitative estimate of drug-likeness (QED) is 0.637. The lowest BCUT2D eigenvalue weighted by atomic mass is 10.0. The van der Waals surface area contributed by atoms with Gasteiger partial charge in [0.15, 0.2) is 17.3 Å². The maximum absolute atomic E-state index is 12.5. The summed E-state index contributed by atoms with van der Waals surface area (Å²) < 4.78 is 10.5. The van der Waals surface area contributed by atoms with E-state index >= 15 is 0 Å². The van der Waals surface area contributed by atoms with Crippen LogP contribution < -0.4 is 14.8 Å². The Morgan fingerprint density at radius 2 is 1.53 bits per heavy atom. The van der Waals surface area contributed by atoms with E-state index in [0.29, 0.717) is 22.7 Å². The number of amides is 2. The third-order valence-electron chi connectivity index (χ3n) is 4.70. The third kappa shape index (κ3) is 5.59. The van der Waals surface area contributed by atoms with E-state index in [2.05, 4.69) is 5.32 Å². The number of hydrogen-bond donors (Lipinski definition) is 1. The molecule has 0 spiro atoms. The molecule has 0 aliphatic carbocycles. The van der Waals surface area contributed by atoms with E-state index in [-0.39, 0.29) is 36.0 Å². The highest BCUT2D eigenvalue weighted by molar-refractivity contribution is 6.05. The zero-order valence-corrected chi connectivity index (χ0v) is 18.1. The van der Waals surface area contributed by atoms with Crippen molar-refractivity contribution in [1.82, 2.24) is 4.90 Å². The number of nitrogens with zero attached hydrogens (tertiary/aromatic N) is 1. The molecule has 0 saturated carbocycles. The van der Waals surface area contributed by atoms with Crippen LogP contribution >= 0.6 is 0 Å². The number of rotatable bonds is 9. The van der Waals surface area contributed by atoms with Crippen molar-refractivity contribution in [3.63, 3.8) is 0 Å². The van der Waals surface area contributed by atoms with Crippen LogP contribution in [0.4, 0.5) is 5.69 Å². The molecule has 7 nitrogen and oxygen atoms in total. The Morgan fingerprint density at radius 3 is 2.07 bits per heavy atom. The third-order valence-corrected chi connectivity index (χ3v) is 4.70. The Hall–Kier alpha value is -3.35. The van der Waals surface area contributed by atoms with Crippen molar-refractivity contribution in [2.45, 2.75) is 26.2 Å². The summed E-state index contributed by atoms with van der Waals surface area (Å²) >= 11 is 0. The number of carbonyl (C=O) groups is 3. The molecule has 1 N–H and O–H groups in total.